The molecule has 0 saturated heterocycles. The number of aromatic nitrogens is 1. The Morgan fingerprint density at radius 3 is 2.50 bits per heavy atom. The number of hydrogen-bond acceptors (Lipinski definition) is 3. The predicted molar refractivity (Wildman–Crippen MR) is 122 cm³/mol. The van der Waals surface area contributed by atoms with Gasteiger partial charge in [0.25, 0.3) is 5.91 Å². The second kappa shape index (κ2) is 8.78. The molecule has 3 aromatic rings. The Kier molecular flexibility index (Phi) is 6.34. The largest absolute Gasteiger partial charge is 0.301 e. The van der Waals surface area contributed by atoms with Crippen LogP contribution in [0.2, 0.25) is 5.02 Å². The fourth-order valence-electron chi connectivity index (χ4n) is 3.05. The lowest BCUT2D eigenvalue weighted by atomic mass is 9.86. The van der Waals surface area contributed by atoms with Crippen molar-refractivity contribution in [2.24, 2.45) is 0 Å². The Morgan fingerprint density at radius 2 is 1.87 bits per heavy atom. The van der Waals surface area contributed by atoms with E-state index in [9.17, 15) is 4.79 Å². The van der Waals surface area contributed by atoms with Gasteiger partial charge in [0.05, 0.1) is 28.9 Å². The van der Waals surface area contributed by atoms with Crippen LogP contribution < -0.4 is 10.6 Å². The third-order valence-electron chi connectivity index (χ3n) is 4.87. The fraction of sp³-hybridized carbons (Fsp3) is 0.208. The number of amides is 1. The van der Waals surface area contributed by atoms with E-state index in [-0.39, 0.29) is 11.3 Å². The smallest absolute Gasteiger partial charge is 0.261 e. The molecule has 0 radical (unpaired) electrons. The molecule has 5 nitrogen and oxygen atoms in total. The zero-order valence-electron chi connectivity index (χ0n) is 17.6. The Hall–Kier alpha value is -3.02. The van der Waals surface area contributed by atoms with Gasteiger partial charge in [-0.3, -0.25) is 20.5 Å². The van der Waals surface area contributed by atoms with E-state index in [1.54, 1.807) is 29.7 Å². The van der Waals surface area contributed by atoms with Crippen LogP contribution in [-0.4, -0.2) is 23.7 Å². The number of benzene rings is 2. The topological polar surface area (TPSA) is 82.5 Å². The van der Waals surface area contributed by atoms with Crippen molar-refractivity contribution < 1.29 is 10.1 Å². The molecule has 0 saturated carbocycles. The van der Waals surface area contributed by atoms with Gasteiger partial charge in [0.1, 0.15) is 0 Å². The summed E-state index contributed by atoms with van der Waals surface area (Å²) in [7, 11) is 1.81. The summed E-state index contributed by atoms with van der Waals surface area (Å²) in [5.41, 5.74) is 3.40. The molecule has 0 unspecified atom stereocenters. The standard InChI is InChI=1S/C24H25ClN4O/c1-24(2,3)17-9-7-15(8-10-17)20(26)14-22(27-4)29-23(30)18-13-21-16(12-19(18)25)6-5-11-28-21/h5-14,26-27H,1-4H3,(H,29,30)/p+1/b22-14+,26-20?. The number of nitrogens with one attached hydrogen (secondary N) is 2. The minimum Gasteiger partial charge on any atom is -0.301 e. The van der Waals surface area contributed by atoms with Gasteiger partial charge >= 0.3 is 0 Å². The lowest BCUT2D eigenvalue weighted by Crippen LogP contribution is -2.80. The SMILES string of the molecule is C[NH2+]/C(=C\C(=N)c1ccc(C(C)(C)C)cc1)NC(=O)c1cc2ncccc2cc1Cl. The summed E-state index contributed by atoms with van der Waals surface area (Å²) in [4.78, 5) is 17.1. The van der Waals surface area contributed by atoms with Crippen molar-refractivity contribution in [3.05, 3.63) is 88.3 Å². The van der Waals surface area contributed by atoms with Crippen LogP contribution in [0.3, 0.4) is 0 Å². The van der Waals surface area contributed by atoms with E-state index < -0.39 is 0 Å². The molecule has 0 aliphatic carbocycles. The number of fused-ring (bicyclic) bond motifs is 1. The van der Waals surface area contributed by atoms with Gasteiger partial charge in [0, 0.05) is 17.7 Å². The third kappa shape index (κ3) is 4.93. The van der Waals surface area contributed by atoms with Crippen LogP contribution in [0.15, 0.2) is 66.6 Å². The number of nitrogens with two attached hydrogens (primary N) is 1. The summed E-state index contributed by atoms with van der Waals surface area (Å²) >= 11 is 6.32. The van der Waals surface area contributed by atoms with Gasteiger partial charge in [-0.05, 0) is 34.7 Å². The molecule has 30 heavy (non-hydrogen) atoms. The highest BCUT2D eigenvalue weighted by Gasteiger charge is 2.16. The lowest BCUT2D eigenvalue weighted by Gasteiger charge is -2.19. The number of allylic oxidation sites excluding steroid dienone is 1. The number of rotatable bonds is 5. The molecule has 0 aliphatic rings. The Morgan fingerprint density at radius 1 is 1.17 bits per heavy atom. The van der Waals surface area contributed by atoms with E-state index in [0.29, 0.717) is 27.6 Å². The molecule has 0 atom stereocenters. The highest BCUT2D eigenvalue weighted by atomic mass is 35.5. The molecule has 3 rings (SSSR count). The average molecular weight is 422 g/mol. The van der Waals surface area contributed by atoms with E-state index in [0.717, 1.165) is 10.9 Å². The Labute approximate surface area is 181 Å². The highest BCUT2D eigenvalue weighted by molar-refractivity contribution is 6.34. The van der Waals surface area contributed by atoms with Crippen LogP contribution in [0.25, 0.3) is 10.9 Å². The maximum atomic E-state index is 12.8. The number of quaternary nitrogens is 1. The molecule has 154 valence electrons. The van der Waals surface area contributed by atoms with Crippen molar-refractivity contribution in [2.45, 2.75) is 26.2 Å². The molecule has 1 heterocycles. The maximum absolute atomic E-state index is 12.8. The summed E-state index contributed by atoms with van der Waals surface area (Å²) in [6.07, 6.45) is 3.31. The van der Waals surface area contributed by atoms with Crippen molar-refractivity contribution in [1.29, 1.82) is 5.41 Å². The van der Waals surface area contributed by atoms with Crippen molar-refractivity contribution >= 4 is 34.1 Å². The molecule has 0 fully saturated rings. The van der Waals surface area contributed by atoms with E-state index in [1.165, 1.54) is 5.56 Å². The first-order valence-corrected chi connectivity index (χ1v) is 10.1. The van der Waals surface area contributed by atoms with Crippen LogP contribution in [0, 0.1) is 5.41 Å². The summed E-state index contributed by atoms with van der Waals surface area (Å²) in [6.45, 7) is 6.46. The number of pyridine rings is 1. The zero-order chi connectivity index (χ0) is 21.9. The number of carbonyl (C=O) groups excluding carboxylic acids is 1. The average Bonchev–Trinajstić information content (AvgIpc) is 2.72. The summed E-state index contributed by atoms with van der Waals surface area (Å²) in [5.74, 6) is 0.190. The number of nitrogens with zero attached hydrogens (tertiary/aromatic N) is 1. The normalized spacial score (nSPS) is 12.1. The van der Waals surface area contributed by atoms with Gasteiger partial charge in [0.15, 0.2) is 0 Å². The maximum Gasteiger partial charge on any atom is 0.261 e. The van der Waals surface area contributed by atoms with E-state index in [4.69, 9.17) is 17.0 Å². The second-order valence-corrected chi connectivity index (χ2v) is 8.52. The first-order valence-electron chi connectivity index (χ1n) is 9.75. The molecule has 2 aromatic carbocycles. The molecule has 0 bridgehead atoms. The third-order valence-corrected chi connectivity index (χ3v) is 5.18. The summed E-state index contributed by atoms with van der Waals surface area (Å²) in [5, 5.41) is 14.2. The van der Waals surface area contributed by atoms with Crippen molar-refractivity contribution in [1.82, 2.24) is 10.3 Å². The van der Waals surface area contributed by atoms with Crippen molar-refractivity contribution in [3.8, 4) is 0 Å². The quantitative estimate of drug-likeness (QED) is 0.544. The van der Waals surface area contributed by atoms with E-state index in [1.807, 2.05) is 43.4 Å². The van der Waals surface area contributed by atoms with Crippen LogP contribution in [0.4, 0.5) is 0 Å². The van der Waals surface area contributed by atoms with Crippen LogP contribution >= 0.6 is 11.6 Å². The molecule has 4 N–H and O–H groups in total. The van der Waals surface area contributed by atoms with E-state index >= 15 is 0 Å². The van der Waals surface area contributed by atoms with Gasteiger partial charge in [-0.2, -0.15) is 0 Å². The number of carbonyl (C=O) groups is 1. The molecule has 6 heteroatoms. The number of halogens is 1. The van der Waals surface area contributed by atoms with Gasteiger partial charge < -0.3 is 5.32 Å². The van der Waals surface area contributed by atoms with Crippen molar-refractivity contribution in [2.75, 3.05) is 7.05 Å². The van der Waals surface area contributed by atoms with Gasteiger partial charge in [-0.15, -0.1) is 0 Å². The molecule has 0 spiro atoms. The molecular formula is C24H26ClN4O+. The van der Waals surface area contributed by atoms with Crippen LogP contribution in [-0.2, 0) is 5.41 Å². The minimum atomic E-state index is -0.340. The zero-order valence-corrected chi connectivity index (χ0v) is 18.3. The molecule has 1 amide bonds. The Bertz CT molecular complexity index is 1130. The second-order valence-electron chi connectivity index (χ2n) is 8.11. The highest BCUT2D eigenvalue weighted by Crippen LogP contribution is 2.23. The summed E-state index contributed by atoms with van der Waals surface area (Å²) < 4.78 is 0. The van der Waals surface area contributed by atoms with E-state index in [2.05, 4.69) is 31.1 Å². The molecular weight excluding hydrogens is 396 g/mol. The molecule has 0 aliphatic heterocycles. The first kappa shape index (κ1) is 21.7. The lowest BCUT2D eigenvalue weighted by molar-refractivity contribution is -0.580. The Balaban J connectivity index is 1.80. The van der Waals surface area contributed by atoms with Crippen molar-refractivity contribution in [3.63, 3.8) is 0 Å². The monoisotopic (exact) mass is 421 g/mol. The number of hydrogen-bond donors (Lipinski definition) is 3. The van der Waals surface area contributed by atoms with Gasteiger partial charge in [-0.25, -0.2) is 0 Å². The first-order chi connectivity index (χ1) is 14.2. The predicted octanol–water partition coefficient (Wildman–Crippen LogP) is 4.02. The van der Waals surface area contributed by atoms with Crippen LogP contribution in [0.5, 0.6) is 0 Å². The minimum absolute atomic E-state index is 0.0564. The molecule has 1 aromatic heterocycles. The van der Waals surface area contributed by atoms with Gasteiger partial charge in [0.2, 0.25) is 5.82 Å². The van der Waals surface area contributed by atoms with Crippen LogP contribution in [0.1, 0.15) is 42.3 Å². The summed E-state index contributed by atoms with van der Waals surface area (Å²) in [6, 6.07) is 15.1. The fourth-order valence-corrected chi connectivity index (χ4v) is 3.30. The van der Waals surface area contributed by atoms with Gasteiger partial charge in [-0.1, -0.05) is 62.7 Å².